The number of urea groups is 1. The van der Waals surface area contributed by atoms with Gasteiger partial charge in [-0.2, -0.15) is 10.6 Å². The zero-order chi connectivity index (χ0) is 17.1. The van der Waals surface area contributed by atoms with Crippen LogP contribution in [0, 0.1) is 0 Å². The van der Waals surface area contributed by atoms with Crippen molar-refractivity contribution in [2.24, 2.45) is 10.1 Å². The van der Waals surface area contributed by atoms with Gasteiger partial charge < -0.3 is 19.6 Å². The lowest BCUT2D eigenvalue weighted by atomic mass is 9.99. The highest BCUT2D eigenvalue weighted by Crippen LogP contribution is 2.38. The van der Waals surface area contributed by atoms with Gasteiger partial charge in [-0.3, -0.25) is 4.79 Å². The largest absolute Gasteiger partial charge is 0.444 e. The van der Waals surface area contributed by atoms with Crippen molar-refractivity contribution >= 4 is 28.2 Å². The van der Waals surface area contributed by atoms with E-state index >= 15 is 0 Å². The monoisotopic (exact) mass is 348 g/mol. The minimum atomic E-state index is -1.63. The van der Waals surface area contributed by atoms with Crippen LogP contribution in [0.4, 0.5) is 10.5 Å². The number of benzene rings is 1. The summed E-state index contributed by atoms with van der Waals surface area (Å²) in [5, 5.41) is 2.88. The number of nitrogens with one attached hydrogen (secondary N) is 1. The van der Waals surface area contributed by atoms with Crippen molar-refractivity contribution in [2.75, 3.05) is 11.1 Å². The van der Waals surface area contributed by atoms with Gasteiger partial charge in [0.05, 0.1) is 0 Å². The number of nitrogens with two attached hydrogens (primary N) is 1. The van der Waals surface area contributed by atoms with E-state index in [2.05, 4.69) is 15.7 Å². The molecule has 1 aromatic carbocycles. The zero-order valence-electron chi connectivity index (χ0n) is 13.6. The molecule has 0 bridgehead atoms. The highest BCUT2D eigenvalue weighted by molar-refractivity contribution is 7.75. The predicted octanol–water partition coefficient (Wildman–Crippen LogP) is 2.61. The van der Waals surface area contributed by atoms with E-state index in [1.165, 1.54) is 22.3 Å². The van der Waals surface area contributed by atoms with Crippen molar-refractivity contribution < 1.29 is 13.8 Å². The molecule has 130 valence electrons. The molecule has 3 amide bonds. The summed E-state index contributed by atoms with van der Waals surface area (Å²) in [6.45, 7) is 0. The molecule has 0 saturated heterocycles. The number of hydrogen-bond acceptors (Lipinski definition) is 4. The Morgan fingerprint density at radius 2 is 1.75 bits per heavy atom. The van der Waals surface area contributed by atoms with Crippen LogP contribution >= 0.6 is 0 Å². The summed E-state index contributed by atoms with van der Waals surface area (Å²) in [4.78, 5) is 22.8. The third-order valence-electron chi connectivity index (χ3n) is 4.63. The van der Waals surface area contributed by atoms with Crippen molar-refractivity contribution in [2.45, 2.75) is 51.4 Å². The minimum Gasteiger partial charge on any atom is -0.444 e. The Hall–Kier alpha value is -1.89. The number of nitrogens with zero attached hydrogens (tertiary/aromatic N) is 1. The zero-order valence-corrected chi connectivity index (χ0v) is 14.4. The molecular formula is C17H22N3O3S-. The number of amides is 3. The average Bonchev–Trinajstić information content (AvgIpc) is 3.14. The standard InChI is InChI=1S/C17H22N3O3S/c18-15(21)8-3-9-24(23)20-17(22)19-16-13-6-1-4-11(13)10-12-5-2-7-14(12)16/h10H,1-9H2,(H2,18,21)(H,19,22)/q-1. The molecule has 24 heavy (non-hydrogen) atoms. The second kappa shape index (κ2) is 7.34. The molecule has 3 N–H and O–H groups in total. The maximum Gasteiger partial charge on any atom is 0.322 e. The quantitative estimate of drug-likeness (QED) is 0.800. The number of anilines is 1. The number of hydrogen-bond donors (Lipinski definition) is 2. The molecule has 6 nitrogen and oxygen atoms in total. The van der Waals surface area contributed by atoms with Crippen LogP contribution in [0.1, 0.15) is 47.9 Å². The third-order valence-corrected chi connectivity index (χ3v) is 5.64. The minimum absolute atomic E-state index is 0.155. The third kappa shape index (κ3) is 3.77. The van der Waals surface area contributed by atoms with Crippen molar-refractivity contribution in [3.8, 4) is 0 Å². The Morgan fingerprint density at radius 1 is 1.12 bits per heavy atom. The first kappa shape index (κ1) is 17.0. The van der Waals surface area contributed by atoms with Crippen LogP contribution in [-0.2, 0) is 45.3 Å². The maximum absolute atomic E-state index is 12.2. The first-order valence-corrected chi connectivity index (χ1v) is 9.68. The van der Waals surface area contributed by atoms with Crippen LogP contribution in [0.25, 0.3) is 0 Å². The van der Waals surface area contributed by atoms with Crippen LogP contribution in [-0.4, -0.2) is 17.7 Å². The van der Waals surface area contributed by atoms with Gasteiger partial charge in [-0.1, -0.05) is 18.2 Å². The van der Waals surface area contributed by atoms with Gasteiger partial charge in [0.1, 0.15) is 0 Å². The predicted molar refractivity (Wildman–Crippen MR) is 93.3 cm³/mol. The van der Waals surface area contributed by atoms with Crippen LogP contribution in [0.15, 0.2) is 10.4 Å². The van der Waals surface area contributed by atoms with E-state index in [4.69, 9.17) is 5.73 Å². The number of primary amides is 1. The molecule has 0 heterocycles. The molecule has 0 radical (unpaired) electrons. The van der Waals surface area contributed by atoms with Crippen LogP contribution < -0.4 is 11.1 Å². The summed E-state index contributed by atoms with van der Waals surface area (Å²) in [5.74, 6) is -0.270. The van der Waals surface area contributed by atoms with Gasteiger partial charge in [0.15, 0.2) is 0 Å². The number of fused-ring (bicyclic) bond motifs is 2. The van der Waals surface area contributed by atoms with E-state index in [0.29, 0.717) is 6.42 Å². The van der Waals surface area contributed by atoms with Gasteiger partial charge in [0.25, 0.3) is 0 Å². The maximum atomic E-state index is 12.2. The first-order chi connectivity index (χ1) is 11.5. The Bertz CT molecular complexity index is 735. The Morgan fingerprint density at radius 3 is 2.33 bits per heavy atom. The molecule has 3 rings (SSSR count). The average molecular weight is 348 g/mol. The fourth-order valence-electron chi connectivity index (χ4n) is 3.60. The van der Waals surface area contributed by atoms with E-state index in [1.807, 2.05) is 0 Å². The lowest BCUT2D eigenvalue weighted by Crippen LogP contribution is -2.12. The molecule has 0 spiro atoms. The van der Waals surface area contributed by atoms with Crippen molar-refractivity contribution in [1.29, 1.82) is 0 Å². The lowest BCUT2D eigenvalue weighted by Gasteiger charge is -2.15. The fourth-order valence-corrected chi connectivity index (χ4v) is 4.32. The van der Waals surface area contributed by atoms with Crippen molar-refractivity contribution in [1.82, 2.24) is 0 Å². The summed E-state index contributed by atoms with van der Waals surface area (Å²) in [6.07, 6.45) is 6.80. The fraction of sp³-hybridized carbons (Fsp3) is 0.529. The van der Waals surface area contributed by atoms with Gasteiger partial charge in [-0.05, 0) is 60.8 Å². The molecule has 2 aliphatic rings. The number of carbonyl (C=O) groups is 2. The summed E-state index contributed by atoms with van der Waals surface area (Å²) in [5.41, 5.74) is 11.0. The SMILES string of the molecule is NC(=O)CCC[S-](=O)=NC(=O)Nc1c2c(cc3c1CCC3)CCC2. The highest BCUT2D eigenvalue weighted by Gasteiger charge is 2.24. The molecule has 0 saturated carbocycles. The molecule has 0 aromatic heterocycles. The van der Waals surface area contributed by atoms with Gasteiger partial charge in [-0.15, -0.1) is 0 Å². The number of carbonyl (C=O) groups excluding carboxylic acids is 2. The van der Waals surface area contributed by atoms with Gasteiger partial charge in [0.2, 0.25) is 5.91 Å². The molecule has 0 aliphatic heterocycles. The van der Waals surface area contributed by atoms with E-state index in [0.717, 1.165) is 44.2 Å². The molecule has 7 heteroatoms. The lowest BCUT2D eigenvalue weighted by molar-refractivity contribution is -0.118. The van der Waals surface area contributed by atoms with Crippen molar-refractivity contribution in [3.05, 3.63) is 28.3 Å². The summed E-state index contributed by atoms with van der Waals surface area (Å²) >= 11 is 0. The second-order valence-corrected chi connectivity index (χ2v) is 7.58. The normalized spacial score (nSPS) is 16.7. The van der Waals surface area contributed by atoms with Gasteiger partial charge in [-0.25, -0.2) is 4.79 Å². The molecular weight excluding hydrogens is 326 g/mol. The number of rotatable bonds is 5. The van der Waals surface area contributed by atoms with Crippen molar-refractivity contribution in [3.63, 3.8) is 0 Å². The molecule has 0 atom stereocenters. The van der Waals surface area contributed by atoms with Gasteiger partial charge in [0, 0.05) is 12.1 Å². The Labute approximate surface area is 143 Å². The summed E-state index contributed by atoms with van der Waals surface area (Å²) in [7, 11) is -1.63. The topological polar surface area (TPSA) is 102 Å². The van der Waals surface area contributed by atoms with E-state index in [9.17, 15) is 13.8 Å². The molecule has 1 aromatic rings. The Kier molecular flexibility index (Phi) is 5.18. The number of aryl methyl sites for hydroxylation is 2. The van der Waals surface area contributed by atoms with E-state index < -0.39 is 22.5 Å². The Balaban J connectivity index is 1.73. The second-order valence-electron chi connectivity index (χ2n) is 6.35. The van der Waals surface area contributed by atoms with E-state index in [-0.39, 0.29) is 12.2 Å². The molecule has 0 unspecified atom stereocenters. The first-order valence-electron chi connectivity index (χ1n) is 8.40. The van der Waals surface area contributed by atoms with Crippen LogP contribution in [0.5, 0.6) is 0 Å². The van der Waals surface area contributed by atoms with Crippen LogP contribution in [0.3, 0.4) is 0 Å². The van der Waals surface area contributed by atoms with E-state index in [1.54, 1.807) is 0 Å². The van der Waals surface area contributed by atoms with Crippen LogP contribution in [0.2, 0.25) is 0 Å². The summed E-state index contributed by atoms with van der Waals surface area (Å²) in [6, 6.07) is 1.72. The van der Waals surface area contributed by atoms with Gasteiger partial charge >= 0.3 is 6.03 Å². The molecule has 0 fully saturated rings. The summed E-state index contributed by atoms with van der Waals surface area (Å²) < 4.78 is 15.5. The smallest absolute Gasteiger partial charge is 0.322 e. The molecule has 2 aliphatic carbocycles. The highest BCUT2D eigenvalue weighted by atomic mass is 32.2.